The highest BCUT2D eigenvalue weighted by Gasteiger charge is 2.29. The van der Waals surface area contributed by atoms with Crippen molar-refractivity contribution in [3.05, 3.63) is 35.4 Å². The predicted octanol–water partition coefficient (Wildman–Crippen LogP) is 4.73. The molecular formula is C19H31N. The Hall–Kier alpha value is -0.820. The zero-order valence-corrected chi connectivity index (χ0v) is 13.5. The lowest BCUT2D eigenvalue weighted by Crippen LogP contribution is -2.41. The Morgan fingerprint density at radius 3 is 2.65 bits per heavy atom. The minimum Gasteiger partial charge on any atom is -0.314 e. The lowest BCUT2D eigenvalue weighted by molar-refractivity contribution is 0.195. The molecule has 1 fully saturated rings. The standard InChI is InChI=1S/C19H31N/c1-4-8-16-11-12-19(20-5-2)18(13-16)14-17-10-7-6-9-15(17)3/h6-7,9-10,16,18-20H,4-5,8,11-14H2,1-3H3. The third-order valence-corrected chi connectivity index (χ3v) is 5.00. The fourth-order valence-electron chi connectivity index (χ4n) is 3.91. The van der Waals surface area contributed by atoms with Gasteiger partial charge >= 0.3 is 0 Å². The molecule has 1 nitrogen and oxygen atoms in total. The average molecular weight is 273 g/mol. The predicted molar refractivity (Wildman–Crippen MR) is 88.1 cm³/mol. The molecule has 2 rings (SSSR count). The van der Waals surface area contributed by atoms with Crippen molar-refractivity contribution < 1.29 is 0 Å². The van der Waals surface area contributed by atoms with Crippen molar-refractivity contribution in [3.8, 4) is 0 Å². The summed E-state index contributed by atoms with van der Waals surface area (Å²) in [6.07, 6.45) is 8.23. The van der Waals surface area contributed by atoms with Crippen LogP contribution >= 0.6 is 0 Å². The molecule has 3 unspecified atom stereocenters. The monoisotopic (exact) mass is 273 g/mol. The van der Waals surface area contributed by atoms with E-state index in [0.29, 0.717) is 0 Å². The van der Waals surface area contributed by atoms with Gasteiger partial charge in [-0.25, -0.2) is 0 Å². The Bertz CT molecular complexity index is 399. The van der Waals surface area contributed by atoms with Gasteiger partial charge in [0.25, 0.3) is 0 Å². The van der Waals surface area contributed by atoms with Crippen molar-refractivity contribution in [3.63, 3.8) is 0 Å². The van der Waals surface area contributed by atoms with Crippen LogP contribution in [0.15, 0.2) is 24.3 Å². The smallest absolute Gasteiger partial charge is 0.00985 e. The summed E-state index contributed by atoms with van der Waals surface area (Å²) in [5.74, 6) is 1.78. The van der Waals surface area contributed by atoms with Gasteiger partial charge in [-0.15, -0.1) is 0 Å². The van der Waals surface area contributed by atoms with E-state index < -0.39 is 0 Å². The summed E-state index contributed by atoms with van der Waals surface area (Å²) < 4.78 is 0. The van der Waals surface area contributed by atoms with Gasteiger partial charge in [-0.2, -0.15) is 0 Å². The Labute approximate surface area is 125 Å². The summed E-state index contributed by atoms with van der Waals surface area (Å²) in [6.45, 7) is 7.92. The second kappa shape index (κ2) is 7.83. The van der Waals surface area contributed by atoms with E-state index >= 15 is 0 Å². The van der Waals surface area contributed by atoms with Crippen molar-refractivity contribution in [1.82, 2.24) is 5.32 Å². The molecule has 112 valence electrons. The first-order chi connectivity index (χ1) is 9.74. The van der Waals surface area contributed by atoms with Gasteiger partial charge in [0.2, 0.25) is 0 Å². The first-order valence-electron chi connectivity index (χ1n) is 8.52. The molecule has 0 radical (unpaired) electrons. The number of hydrogen-bond acceptors (Lipinski definition) is 1. The largest absolute Gasteiger partial charge is 0.314 e. The molecule has 3 atom stereocenters. The number of nitrogens with one attached hydrogen (secondary N) is 1. The van der Waals surface area contributed by atoms with Gasteiger partial charge in [-0.3, -0.25) is 0 Å². The summed E-state index contributed by atoms with van der Waals surface area (Å²) >= 11 is 0. The van der Waals surface area contributed by atoms with Crippen LogP contribution in [0.1, 0.15) is 57.1 Å². The molecule has 1 aliphatic carbocycles. The van der Waals surface area contributed by atoms with E-state index in [2.05, 4.69) is 50.4 Å². The van der Waals surface area contributed by atoms with Crippen molar-refractivity contribution in [1.29, 1.82) is 0 Å². The number of hydrogen-bond donors (Lipinski definition) is 1. The molecule has 1 saturated carbocycles. The van der Waals surface area contributed by atoms with Gasteiger partial charge in [-0.05, 0) is 62.1 Å². The van der Waals surface area contributed by atoms with Crippen LogP contribution in [0.5, 0.6) is 0 Å². The summed E-state index contributed by atoms with van der Waals surface area (Å²) in [6, 6.07) is 9.65. The molecule has 1 aromatic rings. The van der Waals surface area contributed by atoms with E-state index in [1.165, 1.54) is 44.1 Å². The quantitative estimate of drug-likeness (QED) is 0.790. The van der Waals surface area contributed by atoms with Gasteiger partial charge in [0.15, 0.2) is 0 Å². The lowest BCUT2D eigenvalue weighted by Gasteiger charge is -2.37. The molecule has 0 aromatic heterocycles. The summed E-state index contributed by atoms with van der Waals surface area (Å²) in [4.78, 5) is 0. The molecular weight excluding hydrogens is 242 g/mol. The number of benzene rings is 1. The van der Waals surface area contributed by atoms with E-state index in [9.17, 15) is 0 Å². The van der Waals surface area contributed by atoms with Gasteiger partial charge in [-0.1, -0.05) is 51.0 Å². The van der Waals surface area contributed by atoms with Gasteiger partial charge in [0, 0.05) is 6.04 Å². The zero-order chi connectivity index (χ0) is 14.4. The molecule has 1 aliphatic rings. The average Bonchev–Trinajstić information content (AvgIpc) is 2.45. The summed E-state index contributed by atoms with van der Waals surface area (Å²) in [7, 11) is 0. The van der Waals surface area contributed by atoms with E-state index in [4.69, 9.17) is 0 Å². The molecule has 0 aliphatic heterocycles. The van der Waals surface area contributed by atoms with Crippen LogP contribution in [0.25, 0.3) is 0 Å². The van der Waals surface area contributed by atoms with Gasteiger partial charge in [0.1, 0.15) is 0 Å². The van der Waals surface area contributed by atoms with E-state index in [-0.39, 0.29) is 0 Å². The highest BCUT2D eigenvalue weighted by atomic mass is 14.9. The van der Waals surface area contributed by atoms with Gasteiger partial charge < -0.3 is 5.32 Å². The van der Waals surface area contributed by atoms with E-state index in [1.54, 1.807) is 5.56 Å². The van der Waals surface area contributed by atoms with Crippen molar-refractivity contribution in [2.24, 2.45) is 11.8 Å². The van der Waals surface area contributed by atoms with Crippen molar-refractivity contribution >= 4 is 0 Å². The lowest BCUT2D eigenvalue weighted by atomic mass is 9.73. The zero-order valence-electron chi connectivity index (χ0n) is 13.5. The van der Waals surface area contributed by atoms with Crippen LogP contribution in [-0.2, 0) is 6.42 Å². The van der Waals surface area contributed by atoms with Crippen LogP contribution in [0.3, 0.4) is 0 Å². The summed E-state index contributed by atoms with van der Waals surface area (Å²) in [5, 5.41) is 3.74. The number of rotatable bonds is 6. The second-order valence-corrected chi connectivity index (χ2v) is 6.52. The highest BCUT2D eigenvalue weighted by Crippen LogP contribution is 2.34. The molecule has 1 aromatic carbocycles. The Kier molecular flexibility index (Phi) is 6.09. The first kappa shape index (κ1) is 15.6. The topological polar surface area (TPSA) is 12.0 Å². The molecule has 0 saturated heterocycles. The van der Waals surface area contributed by atoms with Crippen molar-refractivity contribution in [2.45, 2.75) is 65.3 Å². The Morgan fingerprint density at radius 2 is 1.95 bits per heavy atom. The van der Waals surface area contributed by atoms with Crippen LogP contribution in [0, 0.1) is 18.8 Å². The molecule has 1 heteroatoms. The molecule has 0 heterocycles. The van der Waals surface area contributed by atoms with Crippen LogP contribution in [-0.4, -0.2) is 12.6 Å². The SMILES string of the molecule is CCCC1CCC(NCC)C(Cc2ccccc2C)C1. The molecule has 0 spiro atoms. The Balaban J connectivity index is 2.05. The third kappa shape index (κ3) is 4.09. The van der Waals surface area contributed by atoms with Crippen molar-refractivity contribution in [2.75, 3.05) is 6.54 Å². The highest BCUT2D eigenvalue weighted by molar-refractivity contribution is 5.26. The van der Waals surface area contributed by atoms with Crippen LogP contribution < -0.4 is 5.32 Å². The second-order valence-electron chi connectivity index (χ2n) is 6.52. The molecule has 0 bridgehead atoms. The van der Waals surface area contributed by atoms with Crippen LogP contribution in [0.2, 0.25) is 0 Å². The number of aryl methyl sites for hydroxylation is 1. The molecule has 20 heavy (non-hydrogen) atoms. The first-order valence-corrected chi connectivity index (χ1v) is 8.52. The fourth-order valence-corrected chi connectivity index (χ4v) is 3.91. The van der Waals surface area contributed by atoms with Gasteiger partial charge in [0.05, 0.1) is 0 Å². The normalized spacial score (nSPS) is 26.6. The maximum atomic E-state index is 3.74. The fraction of sp³-hybridized carbons (Fsp3) is 0.684. The maximum absolute atomic E-state index is 3.74. The third-order valence-electron chi connectivity index (χ3n) is 5.00. The van der Waals surface area contributed by atoms with E-state index in [0.717, 1.165) is 24.4 Å². The molecule has 1 N–H and O–H groups in total. The minimum atomic E-state index is 0.729. The van der Waals surface area contributed by atoms with E-state index in [1.807, 2.05) is 0 Å². The Morgan fingerprint density at radius 1 is 1.15 bits per heavy atom. The maximum Gasteiger partial charge on any atom is 0.00985 e. The molecule has 0 amide bonds. The summed E-state index contributed by atoms with van der Waals surface area (Å²) in [5.41, 5.74) is 3.01. The van der Waals surface area contributed by atoms with Crippen LogP contribution in [0.4, 0.5) is 0 Å². The minimum absolute atomic E-state index is 0.729.